The second-order valence-electron chi connectivity index (χ2n) is 4.67. The molecule has 0 saturated carbocycles. The molecule has 1 heterocycles. The van der Waals surface area contributed by atoms with Crippen molar-refractivity contribution in [2.75, 3.05) is 6.54 Å². The van der Waals surface area contributed by atoms with Crippen LogP contribution in [0.25, 0.3) is 0 Å². The molecule has 0 spiro atoms. The third-order valence-corrected chi connectivity index (χ3v) is 3.47. The zero-order chi connectivity index (χ0) is 8.70. The molecule has 1 fully saturated rings. The van der Waals surface area contributed by atoms with Gasteiger partial charge < -0.3 is 5.21 Å². The van der Waals surface area contributed by atoms with E-state index in [0.29, 0.717) is 0 Å². The maximum atomic E-state index is 9.61. The summed E-state index contributed by atoms with van der Waals surface area (Å²) in [5.41, 5.74) is 0.144. The molecule has 0 unspecified atom stereocenters. The van der Waals surface area contributed by atoms with Crippen molar-refractivity contribution in [3.8, 4) is 0 Å². The normalized spacial score (nSPS) is 27.8. The van der Waals surface area contributed by atoms with Gasteiger partial charge in [-0.1, -0.05) is 13.8 Å². The minimum absolute atomic E-state index is 0. The summed E-state index contributed by atoms with van der Waals surface area (Å²) in [7, 11) is 0. The van der Waals surface area contributed by atoms with Crippen LogP contribution in [-0.4, -0.2) is 22.4 Å². The summed E-state index contributed by atoms with van der Waals surface area (Å²) in [5.74, 6) is 0. The fraction of sp³-hybridized carbons (Fsp3) is 1.00. The fourth-order valence-electron chi connectivity index (χ4n) is 1.61. The van der Waals surface area contributed by atoms with Crippen molar-refractivity contribution >= 4 is 0 Å². The number of hydrogen-bond acceptors (Lipinski definition) is 2. The van der Waals surface area contributed by atoms with Crippen molar-refractivity contribution in [2.24, 2.45) is 5.41 Å². The van der Waals surface area contributed by atoms with Gasteiger partial charge in [-0.25, -0.2) is 0 Å². The molecule has 3 heteroatoms. The topological polar surface area (TPSA) is 23.5 Å². The Morgan fingerprint density at radius 2 is 1.67 bits per heavy atom. The minimum atomic E-state index is -0.0781. The van der Waals surface area contributed by atoms with Crippen LogP contribution in [0.1, 0.15) is 40.5 Å². The van der Waals surface area contributed by atoms with Gasteiger partial charge in [0, 0.05) is 18.2 Å². The summed E-state index contributed by atoms with van der Waals surface area (Å²) in [6.07, 6.45) is 2.31. The van der Waals surface area contributed by atoms with Crippen LogP contribution >= 0.6 is 0 Å². The predicted octanol–water partition coefficient (Wildman–Crippen LogP) is 2.28. The van der Waals surface area contributed by atoms with Crippen LogP contribution in [0.4, 0.5) is 0 Å². The molecule has 0 atom stereocenters. The van der Waals surface area contributed by atoms with E-state index in [1.54, 1.807) is 0 Å². The van der Waals surface area contributed by atoms with Gasteiger partial charge in [0.05, 0.1) is 0 Å². The molecule has 12 heavy (non-hydrogen) atoms. The van der Waals surface area contributed by atoms with Gasteiger partial charge in [-0.15, -0.1) is 0 Å². The van der Waals surface area contributed by atoms with E-state index in [-0.39, 0.29) is 17.1 Å². The summed E-state index contributed by atoms with van der Waals surface area (Å²) < 4.78 is 0. The van der Waals surface area contributed by atoms with E-state index in [9.17, 15) is 5.21 Å². The molecule has 0 aliphatic carbocycles. The smallest absolute Gasteiger partial charge is 0.0455 e. The molecular weight excluding hydrogens is 158 g/mol. The van der Waals surface area contributed by atoms with Crippen LogP contribution in [0, 0.1) is 11.6 Å². The standard InChI is InChI=1S/C9H19NO.Ne/c1-8(2)6-5-7-10(11)9(8,3)4;/h11H,5-7H2,1-4H3;. The van der Waals surface area contributed by atoms with E-state index in [0.717, 1.165) is 13.0 Å². The van der Waals surface area contributed by atoms with E-state index in [4.69, 9.17) is 0 Å². The van der Waals surface area contributed by atoms with Crippen LogP contribution in [0.3, 0.4) is 0 Å². The van der Waals surface area contributed by atoms with Gasteiger partial charge in [-0.2, -0.15) is 5.06 Å². The first-order valence-corrected chi connectivity index (χ1v) is 4.34. The Morgan fingerprint density at radius 1 is 1.17 bits per heavy atom. The largest absolute Gasteiger partial charge is 0.313 e. The molecule has 1 rings (SSSR count). The second-order valence-corrected chi connectivity index (χ2v) is 4.67. The Hall–Kier alpha value is -0.171. The second kappa shape index (κ2) is 3.29. The molecule has 1 aliphatic rings. The first kappa shape index (κ1) is 11.8. The van der Waals surface area contributed by atoms with Crippen LogP contribution in [-0.2, 0) is 0 Å². The number of nitrogens with zero attached hydrogens (tertiary/aromatic N) is 1. The van der Waals surface area contributed by atoms with E-state index in [2.05, 4.69) is 27.7 Å². The van der Waals surface area contributed by atoms with Gasteiger partial charge in [0.1, 0.15) is 0 Å². The first-order chi connectivity index (χ1) is 4.88. The Morgan fingerprint density at radius 3 is 2.00 bits per heavy atom. The van der Waals surface area contributed by atoms with Crippen molar-refractivity contribution in [1.29, 1.82) is 0 Å². The van der Waals surface area contributed by atoms with E-state index < -0.39 is 0 Å². The van der Waals surface area contributed by atoms with Gasteiger partial charge in [0.2, 0.25) is 0 Å². The third kappa shape index (κ3) is 1.61. The number of hydroxylamine groups is 2. The van der Waals surface area contributed by atoms with Gasteiger partial charge >= 0.3 is 0 Å². The molecule has 1 N–H and O–H groups in total. The first-order valence-electron chi connectivity index (χ1n) is 4.34. The number of piperidine rings is 1. The molecule has 2 nitrogen and oxygen atoms in total. The number of hydrogen-bond donors (Lipinski definition) is 1. The monoisotopic (exact) mass is 177 g/mol. The quantitative estimate of drug-likeness (QED) is 0.614. The SMILES string of the molecule is CC1(C)CCCN(O)C1(C)C.[Ne]. The van der Waals surface area contributed by atoms with Crippen LogP contribution in [0.2, 0.25) is 0 Å². The molecule has 0 aromatic rings. The molecule has 74 valence electrons. The molecule has 1 aliphatic heterocycles. The molecule has 0 aromatic carbocycles. The maximum Gasteiger partial charge on any atom is 0.0455 e. The van der Waals surface area contributed by atoms with Crippen molar-refractivity contribution in [3.05, 3.63) is 0 Å². The summed E-state index contributed by atoms with van der Waals surface area (Å²) in [4.78, 5) is 0. The molecular formula is C9H19NNeO. The van der Waals surface area contributed by atoms with Crippen molar-refractivity contribution in [2.45, 2.75) is 46.1 Å². The van der Waals surface area contributed by atoms with Crippen LogP contribution in [0.15, 0.2) is 0 Å². The third-order valence-electron chi connectivity index (χ3n) is 3.47. The molecule has 0 amide bonds. The molecule has 0 aromatic heterocycles. The summed E-state index contributed by atoms with van der Waals surface area (Å²) in [5, 5.41) is 11.1. The average Bonchev–Trinajstić information content (AvgIpc) is 1.84. The Balaban J connectivity index is 0.00000121. The molecule has 0 radical (unpaired) electrons. The Labute approximate surface area is 75.3 Å². The van der Waals surface area contributed by atoms with E-state index in [1.807, 2.05) is 0 Å². The van der Waals surface area contributed by atoms with Crippen LogP contribution < -0.4 is 0 Å². The summed E-state index contributed by atoms with van der Waals surface area (Å²) >= 11 is 0. The Kier molecular flexibility index (Phi) is 3.24. The maximum absolute atomic E-state index is 9.61. The van der Waals surface area contributed by atoms with Crippen LogP contribution in [0.5, 0.6) is 0 Å². The zero-order valence-corrected chi connectivity index (χ0v) is 8.37. The van der Waals surface area contributed by atoms with Gasteiger partial charge in [0.15, 0.2) is 0 Å². The minimum Gasteiger partial charge on any atom is -0.313 e. The molecule has 1 saturated heterocycles. The van der Waals surface area contributed by atoms with E-state index in [1.165, 1.54) is 11.5 Å². The number of rotatable bonds is 0. The fourth-order valence-corrected chi connectivity index (χ4v) is 1.61. The summed E-state index contributed by atoms with van der Waals surface area (Å²) in [6, 6.07) is 0. The van der Waals surface area contributed by atoms with Crippen molar-refractivity contribution < 1.29 is 11.4 Å². The van der Waals surface area contributed by atoms with E-state index >= 15 is 0 Å². The van der Waals surface area contributed by atoms with Gasteiger partial charge in [-0.3, -0.25) is 0 Å². The predicted molar refractivity (Wildman–Crippen MR) is 45.6 cm³/mol. The Bertz CT molecular complexity index is 157. The summed E-state index contributed by atoms with van der Waals surface area (Å²) in [6.45, 7) is 9.46. The van der Waals surface area contributed by atoms with Crippen molar-refractivity contribution in [3.63, 3.8) is 0 Å². The van der Waals surface area contributed by atoms with Gasteiger partial charge in [0.25, 0.3) is 0 Å². The molecule has 0 bridgehead atoms. The van der Waals surface area contributed by atoms with Crippen molar-refractivity contribution in [1.82, 2.24) is 5.06 Å². The van der Waals surface area contributed by atoms with Gasteiger partial charge in [-0.05, 0) is 32.1 Å². The average molecular weight is 177 g/mol. The zero-order valence-electron chi connectivity index (χ0n) is 8.37.